The standard InChI is InChI=1S/C11H19F3N2O3/c1-2-16(8-5-9(17)18)10(19)15-7-4-3-6-11(12,13)14/h2-8H2,1H3,(H,15,19)(H,17,18). The van der Waals surface area contributed by atoms with E-state index in [1.54, 1.807) is 6.92 Å². The van der Waals surface area contributed by atoms with Gasteiger partial charge in [-0.15, -0.1) is 0 Å². The molecule has 2 amide bonds. The van der Waals surface area contributed by atoms with Gasteiger partial charge in [0.15, 0.2) is 0 Å². The van der Waals surface area contributed by atoms with E-state index in [0.717, 1.165) is 0 Å². The fourth-order valence-electron chi connectivity index (χ4n) is 1.39. The highest BCUT2D eigenvalue weighted by molar-refractivity contribution is 5.75. The Morgan fingerprint density at radius 1 is 1.26 bits per heavy atom. The number of carbonyl (C=O) groups is 2. The molecular weight excluding hydrogens is 265 g/mol. The van der Waals surface area contributed by atoms with Crippen LogP contribution in [-0.2, 0) is 4.79 Å². The number of carboxylic acids is 1. The first kappa shape index (κ1) is 17.5. The zero-order valence-corrected chi connectivity index (χ0v) is 10.8. The van der Waals surface area contributed by atoms with Crippen molar-refractivity contribution in [1.82, 2.24) is 10.2 Å². The van der Waals surface area contributed by atoms with Crippen LogP contribution in [-0.4, -0.2) is 47.8 Å². The van der Waals surface area contributed by atoms with Crippen molar-refractivity contribution in [2.24, 2.45) is 0 Å². The lowest BCUT2D eigenvalue weighted by Gasteiger charge is -2.20. The minimum absolute atomic E-state index is 0.0367. The third-order valence-corrected chi connectivity index (χ3v) is 2.43. The number of carboxylic acid groups (broad SMARTS) is 1. The quantitative estimate of drug-likeness (QED) is 0.671. The van der Waals surface area contributed by atoms with E-state index >= 15 is 0 Å². The van der Waals surface area contributed by atoms with E-state index < -0.39 is 24.6 Å². The van der Waals surface area contributed by atoms with Crippen molar-refractivity contribution >= 4 is 12.0 Å². The van der Waals surface area contributed by atoms with Gasteiger partial charge in [-0.2, -0.15) is 13.2 Å². The molecule has 0 aromatic carbocycles. The number of nitrogens with one attached hydrogen (secondary N) is 1. The Balaban J connectivity index is 3.79. The molecule has 19 heavy (non-hydrogen) atoms. The smallest absolute Gasteiger partial charge is 0.389 e. The van der Waals surface area contributed by atoms with Gasteiger partial charge in [-0.1, -0.05) is 0 Å². The maximum absolute atomic E-state index is 11.8. The third-order valence-electron chi connectivity index (χ3n) is 2.43. The van der Waals surface area contributed by atoms with Gasteiger partial charge in [0.25, 0.3) is 0 Å². The average Bonchev–Trinajstić information content (AvgIpc) is 2.27. The van der Waals surface area contributed by atoms with Crippen molar-refractivity contribution in [3.8, 4) is 0 Å². The molecule has 0 aliphatic rings. The van der Waals surface area contributed by atoms with Gasteiger partial charge in [0.05, 0.1) is 6.42 Å². The summed E-state index contributed by atoms with van der Waals surface area (Å²) < 4.78 is 35.5. The Morgan fingerprint density at radius 2 is 1.89 bits per heavy atom. The molecule has 0 aromatic rings. The number of amides is 2. The first-order valence-electron chi connectivity index (χ1n) is 6.07. The first-order valence-corrected chi connectivity index (χ1v) is 6.07. The summed E-state index contributed by atoms with van der Waals surface area (Å²) in [7, 11) is 0. The van der Waals surface area contributed by atoms with Crippen molar-refractivity contribution in [1.29, 1.82) is 0 Å². The Hall–Kier alpha value is -1.47. The predicted octanol–water partition coefficient (Wildman–Crippen LogP) is 2.23. The average molecular weight is 284 g/mol. The molecule has 0 fully saturated rings. The maximum atomic E-state index is 11.8. The number of alkyl halides is 3. The summed E-state index contributed by atoms with van der Waals surface area (Å²) in [4.78, 5) is 23.2. The number of hydrogen-bond acceptors (Lipinski definition) is 2. The second-order valence-corrected chi connectivity index (χ2v) is 4.03. The molecule has 0 rings (SSSR count). The van der Waals surface area contributed by atoms with E-state index in [-0.39, 0.29) is 32.4 Å². The molecule has 8 heteroatoms. The van der Waals surface area contributed by atoms with Crippen LogP contribution in [0, 0.1) is 0 Å². The molecule has 0 saturated carbocycles. The highest BCUT2D eigenvalue weighted by Crippen LogP contribution is 2.21. The summed E-state index contributed by atoms with van der Waals surface area (Å²) in [5, 5.41) is 11.0. The topological polar surface area (TPSA) is 69.6 Å². The molecule has 112 valence electrons. The summed E-state index contributed by atoms with van der Waals surface area (Å²) in [6, 6.07) is -0.448. The Morgan fingerprint density at radius 3 is 2.37 bits per heavy atom. The SMILES string of the molecule is CCN(CCC(=O)O)C(=O)NCCCCC(F)(F)F. The van der Waals surface area contributed by atoms with E-state index in [0.29, 0.717) is 6.54 Å². The van der Waals surface area contributed by atoms with Crippen LogP contribution in [0.25, 0.3) is 0 Å². The first-order chi connectivity index (χ1) is 8.76. The van der Waals surface area contributed by atoms with Crippen LogP contribution in [0.2, 0.25) is 0 Å². The lowest BCUT2D eigenvalue weighted by molar-refractivity contribution is -0.137. The normalized spacial score (nSPS) is 11.2. The van der Waals surface area contributed by atoms with Crippen LogP contribution >= 0.6 is 0 Å². The molecule has 0 aliphatic heterocycles. The van der Waals surface area contributed by atoms with Gasteiger partial charge in [-0.25, -0.2) is 4.79 Å². The molecule has 0 heterocycles. The van der Waals surface area contributed by atoms with Gasteiger partial charge >= 0.3 is 18.2 Å². The fraction of sp³-hybridized carbons (Fsp3) is 0.818. The summed E-state index contributed by atoms with van der Waals surface area (Å²) in [6.45, 7) is 2.28. The molecule has 0 radical (unpaired) electrons. The number of carbonyl (C=O) groups excluding carboxylic acids is 1. The summed E-state index contributed by atoms with van der Waals surface area (Å²) in [5.74, 6) is -1.00. The van der Waals surface area contributed by atoms with Crippen LogP contribution in [0.15, 0.2) is 0 Å². The van der Waals surface area contributed by atoms with Crippen LogP contribution in [0.5, 0.6) is 0 Å². The fourth-order valence-corrected chi connectivity index (χ4v) is 1.39. The molecule has 0 unspecified atom stereocenters. The van der Waals surface area contributed by atoms with Crippen LogP contribution in [0.4, 0.5) is 18.0 Å². The molecule has 2 N–H and O–H groups in total. The van der Waals surface area contributed by atoms with Crippen molar-refractivity contribution in [2.45, 2.75) is 38.8 Å². The van der Waals surface area contributed by atoms with Crippen molar-refractivity contribution in [3.05, 3.63) is 0 Å². The minimum atomic E-state index is -4.17. The van der Waals surface area contributed by atoms with Crippen molar-refractivity contribution < 1.29 is 27.9 Å². The Kier molecular flexibility index (Phi) is 7.94. The second-order valence-electron chi connectivity index (χ2n) is 4.03. The van der Waals surface area contributed by atoms with Gasteiger partial charge in [0.2, 0.25) is 0 Å². The van der Waals surface area contributed by atoms with Crippen molar-refractivity contribution in [2.75, 3.05) is 19.6 Å². The van der Waals surface area contributed by atoms with Gasteiger partial charge < -0.3 is 15.3 Å². The zero-order valence-electron chi connectivity index (χ0n) is 10.8. The number of rotatable bonds is 8. The van der Waals surface area contributed by atoms with E-state index in [9.17, 15) is 22.8 Å². The summed E-state index contributed by atoms with van der Waals surface area (Å²) in [5.41, 5.74) is 0. The maximum Gasteiger partial charge on any atom is 0.389 e. The van der Waals surface area contributed by atoms with Crippen LogP contribution in [0.1, 0.15) is 32.6 Å². The summed E-state index contributed by atoms with van der Waals surface area (Å²) in [6.07, 6.45) is -4.98. The van der Waals surface area contributed by atoms with E-state index in [4.69, 9.17) is 5.11 Å². The minimum Gasteiger partial charge on any atom is -0.481 e. The third kappa shape index (κ3) is 10.2. The number of aliphatic carboxylic acids is 1. The van der Waals surface area contributed by atoms with E-state index in [2.05, 4.69) is 5.32 Å². The monoisotopic (exact) mass is 284 g/mol. The highest BCUT2D eigenvalue weighted by atomic mass is 19.4. The van der Waals surface area contributed by atoms with Gasteiger partial charge in [-0.3, -0.25) is 4.79 Å². The second kappa shape index (κ2) is 8.60. The number of halogens is 3. The molecule has 0 atom stereocenters. The molecule has 0 bridgehead atoms. The molecule has 5 nitrogen and oxygen atoms in total. The lowest BCUT2D eigenvalue weighted by Crippen LogP contribution is -2.41. The molecule has 0 saturated heterocycles. The largest absolute Gasteiger partial charge is 0.481 e. The highest BCUT2D eigenvalue weighted by Gasteiger charge is 2.25. The lowest BCUT2D eigenvalue weighted by atomic mass is 10.2. The number of nitrogens with zero attached hydrogens (tertiary/aromatic N) is 1. The van der Waals surface area contributed by atoms with Gasteiger partial charge in [0, 0.05) is 26.1 Å². The molecular formula is C11H19F3N2O3. The van der Waals surface area contributed by atoms with Gasteiger partial charge in [-0.05, 0) is 19.8 Å². The van der Waals surface area contributed by atoms with Crippen LogP contribution < -0.4 is 5.32 Å². The van der Waals surface area contributed by atoms with E-state index in [1.807, 2.05) is 0 Å². The molecule has 0 aromatic heterocycles. The number of unbranched alkanes of at least 4 members (excludes halogenated alkanes) is 1. The number of urea groups is 1. The van der Waals surface area contributed by atoms with E-state index in [1.165, 1.54) is 4.90 Å². The number of hydrogen-bond donors (Lipinski definition) is 2. The van der Waals surface area contributed by atoms with Crippen molar-refractivity contribution in [3.63, 3.8) is 0 Å². The Bertz CT molecular complexity index is 295. The molecule has 0 spiro atoms. The zero-order chi connectivity index (χ0) is 14.9. The summed E-state index contributed by atoms with van der Waals surface area (Å²) >= 11 is 0. The Labute approximate surface area is 109 Å². The van der Waals surface area contributed by atoms with Crippen LogP contribution in [0.3, 0.4) is 0 Å². The molecule has 0 aliphatic carbocycles. The predicted molar refractivity (Wildman–Crippen MR) is 62.8 cm³/mol. The van der Waals surface area contributed by atoms with Gasteiger partial charge in [0.1, 0.15) is 0 Å².